The number of nitrogens with one attached hydrogen (secondary N) is 1. The van der Waals surface area contributed by atoms with Gasteiger partial charge < -0.3 is 19.6 Å². The van der Waals surface area contributed by atoms with E-state index in [9.17, 15) is 5.11 Å². The Balaban J connectivity index is 1.98. The summed E-state index contributed by atoms with van der Waals surface area (Å²) in [4.78, 5) is 0. The fourth-order valence-electron chi connectivity index (χ4n) is 2.06. The largest absolute Gasteiger partial charge is 0.460 e. The van der Waals surface area contributed by atoms with Crippen molar-refractivity contribution in [3.05, 3.63) is 35.1 Å². The van der Waals surface area contributed by atoms with Gasteiger partial charge in [0.05, 0.1) is 19.3 Å². The molecule has 0 aliphatic carbocycles. The van der Waals surface area contributed by atoms with Gasteiger partial charge in [-0.15, -0.1) is 0 Å². The number of rotatable bonds is 6. The maximum absolute atomic E-state index is 9.52. The van der Waals surface area contributed by atoms with Crippen molar-refractivity contribution < 1.29 is 14.3 Å². The van der Waals surface area contributed by atoms with Crippen LogP contribution in [0.15, 0.2) is 22.6 Å². The van der Waals surface area contributed by atoms with Crippen LogP contribution in [0, 0.1) is 13.8 Å². The van der Waals surface area contributed by atoms with Gasteiger partial charge in [-0.05, 0) is 43.2 Å². The van der Waals surface area contributed by atoms with E-state index in [1.54, 1.807) is 7.11 Å². The quantitative estimate of drug-likeness (QED) is 0.838. The van der Waals surface area contributed by atoms with Gasteiger partial charge in [-0.25, -0.2) is 0 Å². The van der Waals surface area contributed by atoms with Crippen LogP contribution >= 0.6 is 0 Å². The molecule has 0 radical (unpaired) electrons. The lowest BCUT2D eigenvalue weighted by Crippen LogP contribution is -2.29. The van der Waals surface area contributed by atoms with E-state index in [1.165, 1.54) is 11.1 Å². The lowest BCUT2D eigenvalue weighted by atomic mass is 10.1. The van der Waals surface area contributed by atoms with Gasteiger partial charge in [-0.1, -0.05) is 0 Å². The summed E-state index contributed by atoms with van der Waals surface area (Å²) in [6.07, 6.45) is -0.487. The van der Waals surface area contributed by atoms with Gasteiger partial charge in [-0.3, -0.25) is 0 Å². The van der Waals surface area contributed by atoms with E-state index in [0.29, 0.717) is 19.7 Å². The smallest absolute Gasteiger partial charge is 0.134 e. The molecule has 4 heteroatoms. The maximum Gasteiger partial charge on any atom is 0.134 e. The number of hydrogen-bond acceptors (Lipinski definition) is 4. The number of methoxy groups -OCH3 is 1. The van der Waals surface area contributed by atoms with Gasteiger partial charge in [0, 0.05) is 19.0 Å². The Morgan fingerprint density at radius 2 is 2.00 bits per heavy atom. The minimum Gasteiger partial charge on any atom is -0.460 e. The van der Waals surface area contributed by atoms with Crippen molar-refractivity contribution in [2.75, 3.05) is 20.3 Å². The molecular weight excluding hydrogens is 242 g/mol. The standard InChI is InChI=1S/C15H21NO3/c1-10-4-12-6-14(19-15(12)5-11(10)2)8-16-7-13(17)9-18-3/h4-6,13,16-17H,7-9H2,1-3H3/t13-/m1/s1. The molecule has 2 rings (SSSR count). The second-order valence-electron chi connectivity index (χ2n) is 4.93. The molecule has 0 amide bonds. The average molecular weight is 263 g/mol. The molecule has 0 unspecified atom stereocenters. The van der Waals surface area contributed by atoms with Crippen molar-refractivity contribution >= 4 is 11.0 Å². The van der Waals surface area contributed by atoms with E-state index in [4.69, 9.17) is 9.15 Å². The van der Waals surface area contributed by atoms with E-state index in [1.807, 2.05) is 6.07 Å². The number of fused-ring (bicyclic) bond motifs is 1. The van der Waals surface area contributed by atoms with Crippen molar-refractivity contribution in [3.8, 4) is 0 Å². The zero-order valence-electron chi connectivity index (χ0n) is 11.7. The number of aliphatic hydroxyl groups excluding tert-OH is 1. The third-order valence-electron chi connectivity index (χ3n) is 3.22. The number of benzene rings is 1. The lowest BCUT2D eigenvalue weighted by molar-refractivity contribution is 0.0641. The molecule has 0 bridgehead atoms. The summed E-state index contributed by atoms with van der Waals surface area (Å²) in [5.41, 5.74) is 3.41. The SMILES string of the molecule is COC[C@H](O)CNCc1cc2cc(C)c(C)cc2o1. The van der Waals surface area contributed by atoms with Crippen LogP contribution in [0.25, 0.3) is 11.0 Å². The van der Waals surface area contributed by atoms with E-state index in [0.717, 1.165) is 16.7 Å². The van der Waals surface area contributed by atoms with Crippen LogP contribution in [-0.2, 0) is 11.3 Å². The fraction of sp³-hybridized carbons (Fsp3) is 0.467. The third-order valence-corrected chi connectivity index (χ3v) is 3.22. The van der Waals surface area contributed by atoms with Gasteiger partial charge in [0.25, 0.3) is 0 Å². The summed E-state index contributed by atoms with van der Waals surface area (Å²) >= 11 is 0. The normalized spacial score (nSPS) is 13.1. The summed E-state index contributed by atoms with van der Waals surface area (Å²) in [6, 6.07) is 6.24. The Hall–Kier alpha value is -1.36. The van der Waals surface area contributed by atoms with Crippen molar-refractivity contribution in [2.45, 2.75) is 26.5 Å². The minimum absolute atomic E-state index is 0.339. The van der Waals surface area contributed by atoms with Crippen LogP contribution in [-0.4, -0.2) is 31.5 Å². The Kier molecular flexibility index (Phi) is 4.58. The highest BCUT2D eigenvalue weighted by molar-refractivity contribution is 5.79. The molecule has 4 nitrogen and oxygen atoms in total. The first-order chi connectivity index (χ1) is 9.10. The van der Waals surface area contributed by atoms with Crippen molar-refractivity contribution in [2.24, 2.45) is 0 Å². The molecule has 0 saturated carbocycles. The molecule has 104 valence electrons. The van der Waals surface area contributed by atoms with Gasteiger partial charge in [-0.2, -0.15) is 0 Å². The highest BCUT2D eigenvalue weighted by Gasteiger charge is 2.07. The topological polar surface area (TPSA) is 54.6 Å². The van der Waals surface area contributed by atoms with Gasteiger partial charge in [0.2, 0.25) is 0 Å². The highest BCUT2D eigenvalue weighted by atomic mass is 16.5. The fourth-order valence-corrected chi connectivity index (χ4v) is 2.06. The molecule has 0 aliphatic heterocycles. The van der Waals surface area contributed by atoms with Crippen LogP contribution in [0.5, 0.6) is 0 Å². The van der Waals surface area contributed by atoms with Crippen LogP contribution in [0.3, 0.4) is 0 Å². The van der Waals surface area contributed by atoms with E-state index in [2.05, 4.69) is 31.3 Å². The molecule has 0 spiro atoms. The first-order valence-electron chi connectivity index (χ1n) is 6.47. The first-order valence-corrected chi connectivity index (χ1v) is 6.47. The van der Waals surface area contributed by atoms with Crippen LogP contribution in [0.1, 0.15) is 16.9 Å². The van der Waals surface area contributed by atoms with Gasteiger partial charge in [0.15, 0.2) is 0 Å². The third kappa shape index (κ3) is 3.56. The summed E-state index contributed by atoms with van der Waals surface area (Å²) in [7, 11) is 1.58. The average Bonchev–Trinajstić information content (AvgIpc) is 2.72. The minimum atomic E-state index is -0.487. The number of aliphatic hydroxyl groups is 1. The molecule has 0 fully saturated rings. The molecule has 0 aliphatic rings. The lowest BCUT2D eigenvalue weighted by Gasteiger charge is -2.09. The van der Waals surface area contributed by atoms with Crippen molar-refractivity contribution in [3.63, 3.8) is 0 Å². The van der Waals surface area contributed by atoms with Crippen molar-refractivity contribution in [1.82, 2.24) is 5.32 Å². The Labute approximate surface area is 113 Å². The van der Waals surface area contributed by atoms with E-state index in [-0.39, 0.29) is 0 Å². The Morgan fingerprint density at radius 3 is 2.74 bits per heavy atom. The molecule has 1 atom stereocenters. The predicted molar refractivity (Wildman–Crippen MR) is 75.3 cm³/mol. The molecule has 1 heterocycles. The number of hydrogen-bond donors (Lipinski definition) is 2. The Morgan fingerprint density at radius 1 is 1.26 bits per heavy atom. The van der Waals surface area contributed by atoms with Crippen molar-refractivity contribution in [1.29, 1.82) is 0 Å². The monoisotopic (exact) mass is 263 g/mol. The van der Waals surface area contributed by atoms with Crippen LogP contribution in [0.2, 0.25) is 0 Å². The highest BCUT2D eigenvalue weighted by Crippen LogP contribution is 2.23. The molecule has 1 aromatic heterocycles. The molecule has 19 heavy (non-hydrogen) atoms. The molecule has 0 saturated heterocycles. The first kappa shape index (κ1) is 14.1. The Bertz CT molecular complexity index is 509. The molecule has 1 aromatic carbocycles. The van der Waals surface area contributed by atoms with E-state index < -0.39 is 6.10 Å². The number of aryl methyl sites for hydroxylation is 2. The number of ether oxygens (including phenoxy) is 1. The van der Waals surface area contributed by atoms with Crippen LogP contribution < -0.4 is 5.32 Å². The second kappa shape index (κ2) is 6.19. The van der Waals surface area contributed by atoms with Gasteiger partial charge >= 0.3 is 0 Å². The van der Waals surface area contributed by atoms with Crippen LogP contribution in [0.4, 0.5) is 0 Å². The number of furan rings is 1. The maximum atomic E-state index is 9.52. The zero-order chi connectivity index (χ0) is 13.8. The molecule has 2 aromatic rings. The zero-order valence-corrected chi connectivity index (χ0v) is 11.7. The summed E-state index contributed by atoms with van der Waals surface area (Å²) < 4.78 is 10.6. The second-order valence-corrected chi connectivity index (χ2v) is 4.93. The summed E-state index contributed by atoms with van der Waals surface area (Å²) in [5.74, 6) is 0.879. The van der Waals surface area contributed by atoms with E-state index >= 15 is 0 Å². The van der Waals surface area contributed by atoms with Gasteiger partial charge in [0.1, 0.15) is 11.3 Å². The molecular formula is C15H21NO3. The molecule has 2 N–H and O–H groups in total. The summed E-state index contributed by atoms with van der Waals surface area (Å²) in [6.45, 7) is 5.61. The summed E-state index contributed by atoms with van der Waals surface area (Å²) in [5, 5.41) is 13.8. The predicted octanol–water partition coefficient (Wildman–Crippen LogP) is 2.15.